The van der Waals surface area contributed by atoms with Crippen LogP contribution in [0.2, 0.25) is 0 Å². The molecule has 1 aliphatic heterocycles. The Labute approximate surface area is 176 Å². The minimum absolute atomic E-state index is 0.335. The molecule has 0 radical (unpaired) electrons. The number of aromatic nitrogens is 2. The Bertz CT molecular complexity index is 876. The number of allylic oxidation sites excluding steroid dienone is 1. The van der Waals surface area contributed by atoms with Crippen LogP contribution in [0.4, 0.5) is 10.6 Å². The summed E-state index contributed by atoms with van der Waals surface area (Å²) < 4.78 is 0. The smallest absolute Gasteiger partial charge is 0.298 e. The number of amides is 2. The zero-order valence-electron chi connectivity index (χ0n) is 17.2. The molecule has 0 saturated carbocycles. The molecule has 0 fully saturated rings. The lowest BCUT2D eigenvalue weighted by atomic mass is 9.98. The molecule has 0 bridgehead atoms. The molecule has 0 spiro atoms. The molecule has 2 aromatic heterocycles. The lowest BCUT2D eigenvalue weighted by molar-refractivity contribution is 0.254. The standard InChI is InChI=1S/C21H28N6OS/c1-4-11-27(5-2)13-17-15(3)8-9-18(23-17)25-21(28)26-19-14-29-20(24-19)16-7-6-10-22-12-16/h6-7,9-10,12,14-15H,4-5,8,11,13H2,1-3H3,(H2,25,26,28). The largest absolute Gasteiger partial charge is 0.326 e. The van der Waals surface area contributed by atoms with E-state index in [4.69, 9.17) is 4.99 Å². The van der Waals surface area contributed by atoms with Crippen LogP contribution in [-0.4, -0.2) is 46.2 Å². The summed E-state index contributed by atoms with van der Waals surface area (Å²) in [6.07, 6.45) is 7.45. The monoisotopic (exact) mass is 412 g/mol. The van der Waals surface area contributed by atoms with Gasteiger partial charge in [0.15, 0.2) is 0 Å². The number of anilines is 1. The van der Waals surface area contributed by atoms with Gasteiger partial charge in [-0.05, 0) is 50.1 Å². The van der Waals surface area contributed by atoms with Gasteiger partial charge in [-0.2, -0.15) is 0 Å². The van der Waals surface area contributed by atoms with Crippen molar-refractivity contribution in [1.29, 1.82) is 0 Å². The Hall–Kier alpha value is -2.58. The molecule has 0 aliphatic carbocycles. The number of aliphatic imine (C=N–C) groups is 1. The van der Waals surface area contributed by atoms with E-state index in [9.17, 15) is 4.79 Å². The van der Waals surface area contributed by atoms with Crippen LogP contribution in [0.1, 0.15) is 33.6 Å². The van der Waals surface area contributed by atoms with Crippen molar-refractivity contribution < 1.29 is 4.79 Å². The highest BCUT2D eigenvalue weighted by molar-refractivity contribution is 7.13. The Morgan fingerprint density at radius 2 is 2.21 bits per heavy atom. The number of hydrogen-bond acceptors (Lipinski definition) is 6. The summed E-state index contributed by atoms with van der Waals surface area (Å²) in [6, 6.07) is 3.47. The maximum atomic E-state index is 12.4. The van der Waals surface area contributed by atoms with Crippen LogP contribution in [0, 0.1) is 5.92 Å². The SMILES string of the molecule is CCCN(CC)CC1=NC(NC(=O)Nc2csc(-c3cccnc3)n2)=CCC1C. The lowest BCUT2D eigenvalue weighted by Crippen LogP contribution is -2.36. The third kappa shape index (κ3) is 5.95. The van der Waals surface area contributed by atoms with Crippen molar-refractivity contribution in [3.05, 3.63) is 41.8 Å². The van der Waals surface area contributed by atoms with Crippen LogP contribution in [-0.2, 0) is 0 Å². The van der Waals surface area contributed by atoms with Gasteiger partial charge in [-0.1, -0.05) is 20.8 Å². The highest BCUT2D eigenvalue weighted by atomic mass is 32.1. The van der Waals surface area contributed by atoms with Gasteiger partial charge in [0, 0.05) is 35.6 Å². The van der Waals surface area contributed by atoms with Crippen molar-refractivity contribution >= 4 is 28.9 Å². The zero-order valence-corrected chi connectivity index (χ0v) is 18.0. The molecule has 0 saturated heterocycles. The van der Waals surface area contributed by atoms with Crippen molar-refractivity contribution in [3.63, 3.8) is 0 Å². The van der Waals surface area contributed by atoms with Gasteiger partial charge in [-0.25, -0.2) is 14.8 Å². The van der Waals surface area contributed by atoms with E-state index < -0.39 is 0 Å². The Kier molecular flexibility index (Phi) is 7.48. The van der Waals surface area contributed by atoms with Gasteiger partial charge in [0.05, 0.1) is 0 Å². The number of rotatable bonds is 8. The molecule has 8 heteroatoms. The lowest BCUT2D eigenvalue weighted by Gasteiger charge is -2.25. The summed E-state index contributed by atoms with van der Waals surface area (Å²) in [4.78, 5) is 28.1. The van der Waals surface area contributed by atoms with Crippen molar-refractivity contribution in [2.45, 2.75) is 33.6 Å². The summed E-state index contributed by atoms with van der Waals surface area (Å²) in [5.41, 5.74) is 2.04. The molecule has 1 aliphatic rings. The number of nitrogens with one attached hydrogen (secondary N) is 2. The van der Waals surface area contributed by atoms with E-state index in [1.165, 1.54) is 11.3 Å². The van der Waals surface area contributed by atoms with E-state index in [0.717, 1.165) is 48.8 Å². The first kappa shape index (κ1) is 21.1. The van der Waals surface area contributed by atoms with Gasteiger partial charge in [-0.15, -0.1) is 11.3 Å². The van der Waals surface area contributed by atoms with Crippen LogP contribution in [0.25, 0.3) is 10.6 Å². The first-order chi connectivity index (χ1) is 14.1. The second kappa shape index (κ2) is 10.3. The second-order valence-corrected chi connectivity index (χ2v) is 7.91. The van der Waals surface area contributed by atoms with E-state index in [1.807, 2.05) is 23.6 Å². The molecule has 7 nitrogen and oxygen atoms in total. The molecular formula is C21H28N6OS. The van der Waals surface area contributed by atoms with E-state index in [1.54, 1.807) is 12.4 Å². The molecule has 1 atom stereocenters. The van der Waals surface area contributed by atoms with Crippen molar-refractivity contribution in [2.75, 3.05) is 25.0 Å². The predicted molar refractivity (Wildman–Crippen MR) is 119 cm³/mol. The van der Waals surface area contributed by atoms with Gasteiger partial charge < -0.3 is 0 Å². The van der Waals surface area contributed by atoms with Crippen LogP contribution in [0.5, 0.6) is 0 Å². The average Bonchev–Trinajstić information content (AvgIpc) is 3.19. The highest BCUT2D eigenvalue weighted by Crippen LogP contribution is 2.25. The topological polar surface area (TPSA) is 82.5 Å². The fourth-order valence-electron chi connectivity index (χ4n) is 3.12. The summed E-state index contributed by atoms with van der Waals surface area (Å²) in [6.45, 7) is 9.42. The Balaban J connectivity index is 1.59. The van der Waals surface area contributed by atoms with Gasteiger partial charge in [0.2, 0.25) is 0 Å². The quantitative estimate of drug-likeness (QED) is 0.674. The van der Waals surface area contributed by atoms with E-state index in [0.29, 0.717) is 17.6 Å². The molecule has 2 aromatic rings. The minimum Gasteiger partial charge on any atom is -0.298 e. The van der Waals surface area contributed by atoms with Crippen molar-refractivity contribution in [1.82, 2.24) is 20.2 Å². The summed E-state index contributed by atoms with van der Waals surface area (Å²) in [5, 5.41) is 8.27. The van der Waals surface area contributed by atoms with Crippen LogP contribution < -0.4 is 10.6 Å². The summed E-state index contributed by atoms with van der Waals surface area (Å²) in [5.74, 6) is 1.50. The molecule has 3 rings (SSSR count). The normalized spacial score (nSPS) is 16.3. The number of carbonyl (C=O) groups excluding carboxylic acids is 1. The third-order valence-corrected chi connectivity index (χ3v) is 5.66. The minimum atomic E-state index is -0.335. The number of hydrogen-bond donors (Lipinski definition) is 2. The molecule has 29 heavy (non-hydrogen) atoms. The first-order valence-corrected chi connectivity index (χ1v) is 10.9. The van der Waals surface area contributed by atoms with Gasteiger partial charge in [-0.3, -0.25) is 20.5 Å². The van der Waals surface area contributed by atoms with Crippen LogP contribution >= 0.6 is 11.3 Å². The Morgan fingerprint density at radius 1 is 1.34 bits per heavy atom. The molecule has 1 unspecified atom stereocenters. The average molecular weight is 413 g/mol. The molecule has 2 N–H and O–H groups in total. The molecule has 154 valence electrons. The van der Waals surface area contributed by atoms with Gasteiger partial charge >= 0.3 is 6.03 Å². The van der Waals surface area contributed by atoms with Gasteiger partial charge in [0.25, 0.3) is 0 Å². The number of carbonyl (C=O) groups is 1. The van der Waals surface area contributed by atoms with E-state index >= 15 is 0 Å². The third-order valence-electron chi connectivity index (χ3n) is 4.77. The molecular weight excluding hydrogens is 384 g/mol. The molecule has 0 aromatic carbocycles. The summed E-state index contributed by atoms with van der Waals surface area (Å²) in [7, 11) is 0. The van der Waals surface area contributed by atoms with Crippen molar-refractivity contribution in [3.8, 4) is 10.6 Å². The highest BCUT2D eigenvalue weighted by Gasteiger charge is 2.19. The van der Waals surface area contributed by atoms with E-state index in [-0.39, 0.29) is 6.03 Å². The maximum Gasteiger partial charge on any atom is 0.326 e. The van der Waals surface area contributed by atoms with Crippen LogP contribution in [0.15, 0.2) is 46.8 Å². The van der Waals surface area contributed by atoms with Crippen molar-refractivity contribution in [2.24, 2.45) is 10.9 Å². The number of urea groups is 1. The summed E-state index contributed by atoms with van der Waals surface area (Å²) >= 11 is 1.46. The zero-order chi connectivity index (χ0) is 20.6. The second-order valence-electron chi connectivity index (χ2n) is 7.06. The van der Waals surface area contributed by atoms with Gasteiger partial charge in [0.1, 0.15) is 16.6 Å². The fraction of sp³-hybridized carbons (Fsp3) is 0.429. The van der Waals surface area contributed by atoms with Crippen LogP contribution in [0.3, 0.4) is 0 Å². The number of nitrogens with zero attached hydrogens (tertiary/aromatic N) is 4. The number of thiazole rings is 1. The Morgan fingerprint density at radius 3 is 2.93 bits per heavy atom. The molecule has 3 heterocycles. The first-order valence-electron chi connectivity index (χ1n) is 10.0. The maximum absolute atomic E-state index is 12.4. The molecule has 2 amide bonds. The fourth-order valence-corrected chi connectivity index (χ4v) is 3.86. The number of pyridine rings is 1. The predicted octanol–water partition coefficient (Wildman–Crippen LogP) is 4.38. The van der Waals surface area contributed by atoms with E-state index in [2.05, 4.69) is 46.3 Å².